The SMILES string of the molecule is CCCCCCCC(CCCCCCC)N1CC(C)C(C)C1. The Bertz CT molecular complexity index is 226. The largest absolute Gasteiger partial charge is 0.300 e. The number of unbranched alkanes of at least 4 members (excludes halogenated alkanes) is 8. The minimum Gasteiger partial charge on any atom is -0.300 e. The predicted molar refractivity (Wildman–Crippen MR) is 100 cm³/mol. The highest BCUT2D eigenvalue weighted by Gasteiger charge is 2.30. The Labute approximate surface area is 141 Å². The molecule has 1 heteroatoms. The van der Waals surface area contributed by atoms with Crippen LogP contribution in [0.15, 0.2) is 0 Å². The molecule has 1 saturated heterocycles. The summed E-state index contributed by atoms with van der Waals surface area (Å²) in [6.07, 6.45) is 17.2. The highest BCUT2D eigenvalue weighted by molar-refractivity contribution is 4.83. The van der Waals surface area contributed by atoms with Gasteiger partial charge in [-0.05, 0) is 24.7 Å². The number of nitrogens with zero attached hydrogens (tertiary/aromatic N) is 1. The molecule has 1 nitrogen and oxygen atoms in total. The van der Waals surface area contributed by atoms with Crippen LogP contribution in [0.4, 0.5) is 0 Å². The maximum atomic E-state index is 2.84. The normalized spacial score (nSPS) is 22.8. The van der Waals surface area contributed by atoms with Crippen molar-refractivity contribution in [2.75, 3.05) is 13.1 Å². The van der Waals surface area contributed by atoms with Crippen molar-refractivity contribution in [1.29, 1.82) is 0 Å². The van der Waals surface area contributed by atoms with Crippen molar-refractivity contribution in [2.24, 2.45) is 11.8 Å². The minimum atomic E-state index is 0.885. The lowest BCUT2D eigenvalue weighted by molar-refractivity contribution is 0.200. The van der Waals surface area contributed by atoms with Gasteiger partial charge < -0.3 is 0 Å². The topological polar surface area (TPSA) is 3.24 Å². The van der Waals surface area contributed by atoms with E-state index in [0.29, 0.717) is 0 Å². The zero-order chi connectivity index (χ0) is 16.2. The number of hydrogen-bond donors (Lipinski definition) is 0. The van der Waals surface area contributed by atoms with Gasteiger partial charge in [0.15, 0.2) is 0 Å². The minimum absolute atomic E-state index is 0.885. The van der Waals surface area contributed by atoms with Gasteiger partial charge in [0.1, 0.15) is 0 Å². The molecule has 0 aromatic rings. The van der Waals surface area contributed by atoms with Gasteiger partial charge >= 0.3 is 0 Å². The Morgan fingerprint density at radius 2 is 1.09 bits per heavy atom. The third-order valence-corrected chi connectivity index (χ3v) is 5.81. The molecule has 0 bridgehead atoms. The zero-order valence-corrected chi connectivity index (χ0v) is 16.1. The molecule has 1 aliphatic heterocycles. The number of rotatable bonds is 13. The molecule has 0 spiro atoms. The van der Waals surface area contributed by atoms with Crippen LogP contribution in [0, 0.1) is 11.8 Å². The summed E-state index contributed by atoms with van der Waals surface area (Å²) in [7, 11) is 0. The molecule has 0 aliphatic carbocycles. The van der Waals surface area contributed by atoms with Crippen LogP contribution in [0.1, 0.15) is 105 Å². The highest BCUT2D eigenvalue weighted by Crippen LogP contribution is 2.28. The number of hydrogen-bond acceptors (Lipinski definition) is 1. The summed E-state index contributed by atoms with van der Waals surface area (Å²) in [5.74, 6) is 1.81. The van der Waals surface area contributed by atoms with Gasteiger partial charge in [-0.15, -0.1) is 0 Å². The molecule has 132 valence electrons. The van der Waals surface area contributed by atoms with Gasteiger partial charge in [0.05, 0.1) is 0 Å². The standard InChI is InChI=1S/C21H43N/c1-5-7-9-11-13-15-21(16-14-12-10-8-6-2)22-17-19(3)20(4)18-22/h19-21H,5-18H2,1-4H3. The first kappa shape index (κ1) is 20.0. The zero-order valence-electron chi connectivity index (χ0n) is 16.1. The van der Waals surface area contributed by atoms with Crippen molar-refractivity contribution in [3.8, 4) is 0 Å². The maximum absolute atomic E-state index is 2.84. The van der Waals surface area contributed by atoms with Crippen LogP contribution in [-0.4, -0.2) is 24.0 Å². The van der Waals surface area contributed by atoms with Crippen LogP contribution >= 0.6 is 0 Å². The van der Waals surface area contributed by atoms with Crippen LogP contribution in [-0.2, 0) is 0 Å². The van der Waals surface area contributed by atoms with Gasteiger partial charge in [-0.2, -0.15) is 0 Å². The highest BCUT2D eigenvalue weighted by atomic mass is 15.2. The van der Waals surface area contributed by atoms with Crippen LogP contribution in [0.5, 0.6) is 0 Å². The molecule has 1 aliphatic rings. The van der Waals surface area contributed by atoms with E-state index in [1.165, 1.54) is 90.1 Å². The lowest BCUT2D eigenvalue weighted by Crippen LogP contribution is -2.33. The van der Waals surface area contributed by atoms with Crippen molar-refractivity contribution in [3.05, 3.63) is 0 Å². The smallest absolute Gasteiger partial charge is 0.00954 e. The van der Waals surface area contributed by atoms with E-state index >= 15 is 0 Å². The Kier molecular flexibility index (Phi) is 11.3. The second-order valence-corrected chi connectivity index (χ2v) is 7.97. The Morgan fingerprint density at radius 3 is 1.50 bits per heavy atom. The van der Waals surface area contributed by atoms with Crippen LogP contribution in [0.3, 0.4) is 0 Å². The molecule has 0 radical (unpaired) electrons. The van der Waals surface area contributed by atoms with Gasteiger partial charge in [0, 0.05) is 19.1 Å². The molecule has 22 heavy (non-hydrogen) atoms. The lowest BCUT2D eigenvalue weighted by Gasteiger charge is -2.28. The first-order valence-electron chi connectivity index (χ1n) is 10.4. The fourth-order valence-corrected chi connectivity index (χ4v) is 3.95. The second-order valence-electron chi connectivity index (χ2n) is 7.97. The van der Waals surface area contributed by atoms with E-state index in [1.54, 1.807) is 0 Å². The first-order valence-corrected chi connectivity index (χ1v) is 10.4. The molecule has 0 aromatic carbocycles. The molecular formula is C21H43N. The van der Waals surface area contributed by atoms with Gasteiger partial charge in [-0.25, -0.2) is 0 Å². The first-order chi connectivity index (χ1) is 10.7. The summed E-state index contributed by atoms with van der Waals surface area (Å²) >= 11 is 0. The van der Waals surface area contributed by atoms with Crippen LogP contribution in [0.2, 0.25) is 0 Å². The van der Waals surface area contributed by atoms with Gasteiger partial charge in [0.2, 0.25) is 0 Å². The molecule has 0 N–H and O–H groups in total. The van der Waals surface area contributed by atoms with Crippen molar-refractivity contribution in [3.63, 3.8) is 0 Å². The fourth-order valence-electron chi connectivity index (χ4n) is 3.95. The van der Waals surface area contributed by atoms with E-state index < -0.39 is 0 Å². The summed E-state index contributed by atoms with van der Waals surface area (Å²) in [6, 6.07) is 0.885. The summed E-state index contributed by atoms with van der Waals surface area (Å²) in [5.41, 5.74) is 0. The Balaban J connectivity index is 2.29. The van der Waals surface area contributed by atoms with Crippen molar-refractivity contribution < 1.29 is 0 Å². The van der Waals surface area contributed by atoms with E-state index in [9.17, 15) is 0 Å². The van der Waals surface area contributed by atoms with Crippen LogP contribution < -0.4 is 0 Å². The Hall–Kier alpha value is -0.0400. The Morgan fingerprint density at radius 1 is 0.682 bits per heavy atom. The summed E-state index contributed by atoms with van der Waals surface area (Å²) in [4.78, 5) is 2.84. The second kappa shape index (κ2) is 12.4. The van der Waals surface area contributed by atoms with E-state index in [2.05, 4.69) is 32.6 Å². The average Bonchev–Trinajstić information content (AvgIpc) is 2.84. The van der Waals surface area contributed by atoms with E-state index in [0.717, 1.165) is 17.9 Å². The van der Waals surface area contributed by atoms with Crippen molar-refractivity contribution in [2.45, 2.75) is 111 Å². The van der Waals surface area contributed by atoms with Gasteiger partial charge in [0.25, 0.3) is 0 Å². The molecule has 1 rings (SSSR count). The molecule has 1 fully saturated rings. The third kappa shape index (κ3) is 7.99. The molecule has 0 saturated carbocycles. The maximum Gasteiger partial charge on any atom is 0.00954 e. The third-order valence-electron chi connectivity index (χ3n) is 5.81. The molecular weight excluding hydrogens is 266 g/mol. The lowest BCUT2D eigenvalue weighted by atomic mass is 9.99. The fraction of sp³-hybridized carbons (Fsp3) is 1.00. The van der Waals surface area contributed by atoms with Crippen LogP contribution in [0.25, 0.3) is 0 Å². The van der Waals surface area contributed by atoms with Gasteiger partial charge in [-0.1, -0.05) is 91.9 Å². The van der Waals surface area contributed by atoms with Crippen molar-refractivity contribution >= 4 is 0 Å². The molecule has 2 atom stereocenters. The van der Waals surface area contributed by atoms with E-state index in [-0.39, 0.29) is 0 Å². The van der Waals surface area contributed by atoms with E-state index in [4.69, 9.17) is 0 Å². The summed E-state index contributed by atoms with van der Waals surface area (Å²) in [5, 5.41) is 0. The summed E-state index contributed by atoms with van der Waals surface area (Å²) < 4.78 is 0. The van der Waals surface area contributed by atoms with E-state index in [1.807, 2.05) is 0 Å². The van der Waals surface area contributed by atoms with Gasteiger partial charge in [-0.3, -0.25) is 4.90 Å². The molecule has 2 unspecified atom stereocenters. The predicted octanol–water partition coefficient (Wildman–Crippen LogP) is 6.66. The molecule has 1 heterocycles. The molecule has 0 aromatic heterocycles. The van der Waals surface area contributed by atoms with Crippen molar-refractivity contribution in [1.82, 2.24) is 4.90 Å². The quantitative estimate of drug-likeness (QED) is 0.344. The number of likely N-dealkylation sites (tertiary alicyclic amines) is 1. The summed E-state index contributed by atoms with van der Waals surface area (Å²) in [6.45, 7) is 12.2. The molecule has 0 amide bonds. The monoisotopic (exact) mass is 309 g/mol. The average molecular weight is 310 g/mol.